The predicted octanol–water partition coefficient (Wildman–Crippen LogP) is 3.28. The molecule has 6 heteroatoms. The van der Waals surface area contributed by atoms with Gasteiger partial charge in [0.25, 0.3) is 5.91 Å². The second-order valence-electron chi connectivity index (χ2n) is 8.82. The fourth-order valence-electron chi connectivity index (χ4n) is 4.77. The molecule has 0 bridgehead atoms. The Labute approximate surface area is 189 Å². The van der Waals surface area contributed by atoms with Crippen LogP contribution in [0.15, 0.2) is 54.6 Å². The minimum Gasteiger partial charge on any atom is -0.341 e. The van der Waals surface area contributed by atoms with Gasteiger partial charge in [-0.2, -0.15) is 0 Å². The van der Waals surface area contributed by atoms with Crippen LogP contribution in [0.1, 0.15) is 47.3 Å². The van der Waals surface area contributed by atoms with E-state index in [-0.39, 0.29) is 36.1 Å². The van der Waals surface area contributed by atoms with E-state index in [0.717, 1.165) is 23.1 Å². The van der Waals surface area contributed by atoms with E-state index in [1.165, 1.54) is 0 Å². The molecule has 0 aliphatic carbocycles. The highest BCUT2D eigenvalue weighted by Gasteiger charge is 2.39. The van der Waals surface area contributed by atoms with Crippen LogP contribution in [0.4, 0.5) is 0 Å². The van der Waals surface area contributed by atoms with Crippen molar-refractivity contribution in [2.75, 3.05) is 32.7 Å². The Bertz CT molecular complexity index is 991. The van der Waals surface area contributed by atoms with Crippen molar-refractivity contribution in [1.82, 2.24) is 14.7 Å². The number of carbonyl (C=O) groups is 3. The average molecular weight is 434 g/mol. The van der Waals surface area contributed by atoms with Crippen LogP contribution in [-0.2, 0) is 9.59 Å². The first-order chi connectivity index (χ1) is 15.5. The van der Waals surface area contributed by atoms with Crippen LogP contribution in [-0.4, -0.2) is 65.1 Å². The number of nitrogens with zero attached hydrogens (tertiary/aromatic N) is 3. The largest absolute Gasteiger partial charge is 0.341 e. The fourth-order valence-corrected chi connectivity index (χ4v) is 4.77. The summed E-state index contributed by atoms with van der Waals surface area (Å²) in [7, 11) is 0. The lowest BCUT2D eigenvalue weighted by atomic mass is 10.1. The van der Waals surface area contributed by atoms with Crippen molar-refractivity contribution < 1.29 is 14.4 Å². The molecule has 0 radical (unpaired) electrons. The summed E-state index contributed by atoms with van der Waals surface area (Å²) >= 11 is 0. The van der Waals surface area contributed by atoms with E-state index >= 15 is 0 Å². The summed E-state index contributed by atoms with van der Waals surface area (Å²) in [6.07, 6.45) is 1.01. The molecule has 2 aromatic carbocycles. The molecule has 6 nitrogen and oxygen atoms in total. The van der Waals surface area contributed by atoms with Gasteiger partial charge in [0.05, 0.1) is 12.0 Å². The molecule has 2 heterocycles. The Morgan fingerprint density at radius 1 is 0.906 bits per heavy atom. The zero-order valence-electron chi connectivity index (χ0n) is 18.9. The first-order valence-corrected chi connectivity index (χ1v) is 11.4. The first kappa shape index (κ1) is 22.1. The second-order valence-corrected chi connectivity index (χ2v) is 8.82. The summed E-state index contributed by atoms with van der Waals surface area (Å²) in [4.78, 5) is 44.4. The Morgan fingerprint density at radius 2 is 1.56 bits per heavy atom. The highest BCUT2D eigenvalue weighted by molar-refractivity contribution is 5.95. The molecule has 2 saturated heterocycles. The minimum atomic E-state index is -0.313. The molecular formula is C26H31N3O3. The molecule has 0 aromatic heterocycles. The third-order valence-electron chi connectivity index (χ3n) is 6.73. The van der Waals surface area contributed by atoms with E-state index in [1.807, 2.05) is 83.1 Å². The summed E-state index contributed by atoms with van der Waals surface area (Å²) in [5.41, 5.74) is 2.76. The van der Waals surface area contributed by atoms with Gasteiger partial charge in [0.2, 0.25) is 11.8 Å². The minimum absolute atomic E-state index is 0.0244. The number of carbonyl (C=O) groups excluding carboxylic acids is 3. The van der Waals surface area contributed by atoms with E-state index in [0.29, 0.717) is 32.7 Å². The van der Waals surface area contributed by atoms with Crippen molar-refractivity contribution in [3.8, 4) is 0 Å². The molecule has 2 aromatic rings. The lowest BCUT2D eigenvalue weighted by Gasteiger charge is -2.27. The maximum absolute atomic E-state index is 13.2. The standard InChI is InChI=1S/C26H31N3O3/c1-19-9-6-7-12-23(19)26(32)28-14-8-13-27(15-16-28)25(31)22-17-24(30)29(18-22)20(2)21-10-4-3-5-11-21/h3-7,9-12,20,22H,8,13-18H2,1-2H3. The highest BCUT2D eigenvalue weighted by atomic mass is 16.2. The molecule has 0 spiro atoms. The second kappa shape index (κ2) is 9.55. The van der Waals surface area contributed by atoms with Crippen LogP contribution < -0.4 is 0 Å². The first-order valence-electron chi connectivity index (χ1n) is 11.4. The molecule has 3 amide bonds. The van der Waals surface area contributed by atoms with Gasteiger partial charge in [-0.15, -0.1) is 0 Å². The van der Waals surface area contributed by atoms with Gasteiger partial charge in [0.15, 0.2) is 0 Å². The molecule has 4 rings (SSSR count). The van der Waals surface area contributed by atoms with Crippen LogP contribution in [0.25, 0.3) is 0 Å². The molecule has 2 atom stereocenters. The third-order valence-corrected chi connectivity index (χ3v) is 6.73. The van der Waals surface area contributed by atoms with Crippen molar-refractivity contribution in [1.29, 1.82) is 0 Å². The molecule has 0 N–H and O–H groups in total. The summed E-state index contributed by atoms with van der Waals surface area (Å²) < 4.78 is 0. The van der Waals surface area contributed by atoms with E-state index in [4.69, 9.17) is 0 Å². The SMILES string of the molecule is Cc1ccccc1C(=O)N1CCCN(C(=O)C2CC(=O)N(C(C)c3ccccc3)C2)CC1. The van der Waals surface area contributed by atoms with Crippen molar-refractivity contribution >= 4 is 17.7 Å². The van der Waals surface area contributed by atoms with Gasteiger partial charge in [-0.25, -0.2) is 0 Å². The fraction of sp³-hybridized carbons (Fsp3) is 0.423. The molecule has 32 heavy (non-hydrogen) atoms. The van der Waals surface area contributed by atoms with Crippen LogP contribution in [0.3, 0.4) is 0 Å². The number of amides is 3. The number of hydrogen-bond donors (Lipinski definition) is 0. The topological polar surface area (TPSA) is 60.9 Å². The molecule has 2 aliphatic heterocycles. The van der Waals surface area contributed by atoms with Gasteiger partial charge >= 0.3 is 0 Å². The van der Waals surface area contributed by atoms with E-state index in [9.17, 15) is 14.4 Å². The summed E-state index contributed by atoms with van der Waals surface area (Å²) in [5.74, 6) is -0.222. The van der Waals surface area contributed by atoms with Gasteiger partial charge in [-0.05, 0) is 37.5 Å². The number of benzene rings is 2. The lowest BCUT2D eigenvalue weighted by Crippen LogP contribution is -2.41. The van der Waals surface area contributed by atoms with Crippen molar-refractivity contribution in [2.45, 2.75) is 32.7 Å². The molecule has 2 fully saturated rings. The zero-order valence-corrected chi connectivity index (χ0v) is 18.9. The number of aryl methyl sites for hydroxylation is 1. The van der Waals surface area contributed by atoms with Crippen molar-refractivity contribution in [3.05, 3.63) is 71.3 Å². The number of rotatable bonds is 4. The average Bonchev–Trinajstić information content (AvgIpc) is 3.04. The van der Waals surface area contributed by atoms with Crippen LogP contribution in [0, 0.1) is 12.8 Å². The zero-order chi connectivity index (χ0) is 22.7. The Hall–Kier alpha value is -3.15. The van der Waals surface area contributed by atoms with Gasteiger partial charge in [-0.3, -0.25) is 14.4 Å². The van der Waals surface area contributed by atoms with Crippen molar-refractivity contribution in [3.63, 3.8) is 0 Å². The lowest BCUT2D eigenvalue weighted by molar-refractivity contribution is -0.135. The summed E-state index contributed by atoms with van der Waals surface area (Å²) in [6, 6.07) is 17.5. The van der Waals surface area contributed by atoms with E-state index in [2.05, 4.69) is 0 Å². The quantitative estimate of drug-likeness (QED) is 0.744. The smallest absolute Gasteiger partial charge is 0.254 e. The molecule has 0 saturated carbocycles. The maximum atomic E-state index is 13.2. The Balaban J connectivity index is 1.37. The van der Waals surface area contributed by atoms with Gasteiger partial charge in [0, 0.05) is 44.7 Å². The normalized spacial score (nSPS) is 20.2. The molecule has 2 aliphatic rings. The summed E-state index contributed by atoms with van der Waals surface area (Å²) in [5, 5.41) is 0. The van der Waals surface area contributed by atoms with Crippen LogP contribution in [0.2, 0.25) is 0 Å². The summed E-state index contributed by atoms with van der Waals surface area (Å²) in [6.45, 7) is 6.70. The van der Waals surface area contributed by atoms with Crippen LogP contribution in [0.5, 0.6) is 0 Å². The van der Waals surface area contributed by atoms with E-state index < -0.39 is 0 Å². The van der Waals surface area contributed by atoms with Crippen molar-refractivity contribution in [2.24, 2.45) is 5.92 Å². The van der Waals surface area contributed by atoms with Gasteiger partial charge in [0.1, 0.15) is 0 Å². The van der Waals surface area contributed by atoms with Crippen LogP contribution >= 0.6 is 0 Å². The Morgan fingerprint density at radius 3 is 2.31 bits per heavy atom. The number of hydrogen-bond acceptors (Lipinski definition) is 3. The molecular weight excluding hydrogens is 402 g/mol. The monoisotopic (exact) mass is 433 g/mol. The molecule has 2 unspecified atom stereocenters. The van der Waals surface area contributed by atoms with E-state index in [1.54, 1.807) is 0 Å². The van der Waals surface area contributed by atoms with Gasteiger partial charge in [-0.1, -0.05) is 48.5 Å². The maximum Gasteiger partial charge on any atom is 0.254 e. The molecule has 168 valence electrons. The Kier molecular flexibility index (Phi) is 6.58. The number of likely N-dealkylation sites (tertiary alicyclic amines) is 1. The highest BCUT2D eigenvalue weighted by Crippen LogP contribution is 2.29. The predicted molar refractivity (Wildman–Crippen MR) is 123 cm³/mol. The van der Waals surface area contributed by atoms with Gasteiger partial charge < -0.3 is 14.7 Å². The third kappa shape index (κ3) is 4.54.